The predicted molar refractivity (Wildman–Crippen MR) is 129 cm³/mol. The van der Waals surface area contributed by atoms with Gasteiger partial charge in [-0.05, 0) is 35.1 Å². The molecule has 4 rings (SSSR count). The van der Waals surface area contributed by atoms with Crippen molar-refractivity contribution in [3.63, 3.8) is 0 Å². The smallest absolute Gasteiger partial charge is 0.407 e. The van der Waals surface area contributed by atoms with Crippen molar-refractivity contribution in [2.24, 2.45) is 7.05 Å². The summed E-state index contributed by atoms with van der Waals surface area (Å²) in [5.74, 6) is -1.26. The minimum Gasteiger partial charge on any atom is -0.478 e. The number of benzene rings is 2. The number of fused-ring (bicyclic) bond motifs is 3. The lowest BCUT2D eigenvalue weighted by atomic mass is 9.98. The monoisotopic (exact) mass is 476 g/mol. The highest BCUT2D eigenvalue weighted by Crippen LogP contribution is 2.44. The molecule has 1 aliphatic carbocycles. The second kappa shape index (κ2) is 10.9. The fraction of sp³-hybridized carbons (Fsp3) is 0.308. The highest BCUT2D eigenvalue weighted by Gasteiger charge is 2.28. The van der Waals surface area contributed by atoms with E-state index < -0.39 is 12.1 Å². The fourth-order valence-electron chi connectivity index (χ4n) is 4.37. The van der Waals surface area contributed by atoms with Crippen LogP contribution in [-0.4, -0.2) is 46.0 Å². The Morgan fingerprint density at radius 2 is 1.66 bits per heavy atom. The Labute approximate surface area is 203 Å². The lowest BCUT2D eigenvalue weighted by molar-refractivity contribution is -0.121. The van der Waals surface area contributed by atoms with Crippen molar-refractivity contribution in [2.45, 2.75) is 31.7 Å². The highest BCUT2D eigenvalue weighted by molar-refractivity contribution is 5.88. The second-order valence-corrected chi connectivity index (χ2v) is 8.42. The van der Waals surface area contributed by atoms with E-state index in [-0.39, 0.29) is 37.0 Å². The van der Waals surface area contributed by atoms with Crippen LogP contribution in [-0.2, 0) is 23.1 Å². The molecule has 2 aromatic carbocycles. The predicted octanol–water partition coefficient (Wildman–Crippen LogP) is 3.44. The lowest BCUT2D eigenvalue weighted by Crippen LogP contribution is -2.28. The number of hydrogen-bond acceptors (Lipinski definition) is 5. The van der Waals surface area contributed by atoms with Crippen molar-refractivity contribution in [3.8, 4) is 11.1 Å². The Morgan fingerprint density at radius 3 is 2.31 bits per heavy atom. The van der Waals surface area contributed by atoms with Crippen LogP contribution in [0.5, 0.6) is 0 Å². The second-order valence-electron chi connectivity index (χ2n) is 8.42. The molecule has 9 nitrogen and oxygen atoms in total. The summed E-state index contributed by atoms with van der Waals surface area (Å²) in [5.41, 5.74) is 5.18. The standard InChI is InChI=1S/C26H28N4O5/c1-30-23(21(14-29-30)25(32)33)15-28-24(31)12-6-7-13-27-26(34)35-16-22-19-10-4-2-8-17(19)18-9-3-5-11-20(18)22/h2-5,8-11,14,22H,6-7,12-13,15-16H2,1H3,(H,27,34)(H,28,31)(H,32,33). The minimum absolute atomic E-state index is 0.0120. The van der Waals surface area contributed by atoms with Crippen LogP contribution in [0.1, 0.15) is 52.4 Å². The summed E-state index contributed by atoms with van der Waals surface area (Å²) in [7, 11) is 1.63. The molecule has 0 unspecified atom stereocenters. The normalized spacial score (nSPS) is 12.0. The zero-order valence-electron chi connectivity index (χ0n) is 19.5. The molecule has 0 saturated heterocycles. The largest absolute Gasteiger partial charge is 0.478 e. The fourth-order valence-corrected chi connectivity index (χ4v) is 4.37. The topological polar surface area (TPSA) is 123 Å². The van der Waals surface area contributed by atoms with E-state index in [0.29, 0.717) is 25.1 Å². The number of carbonyl (C=O) groups is 3. The number of aromatic carboxylic acids is 1. The number of nitrogens with zero attached hydrogens (tertiary/aromatic N) is 2. The Bertz CT molecular complexity index is 1190. The summed E-state index contributed by atoms with van der Waals surface area (Å²) in [6.07, 6.45) is 2.25. The van der Waals surface area contributed by atoms with E-state index in [9.17, 15) is 14.4 Å². The van der Waals surface area contributed by atoms with Crippen molar-refractivity contribution >= 4 is 18.0 Å². The molecule has 0 aliphatic heterocycles. The van der Waals surface area contributed by atoms with Gasteiger partial charge in [0.25, 0.3) is 0 Å². The van der Waals surface area contributed by atoms with E-state index in [1.165, 1.54) is 22.0 Å². The minimum atomic E-state index is -1.08. The molecule has 182 valence electrons. The van der Waals surface area contributed by atoms with Crippen molar-refractivity contribution in [1.29, 1.82) is 0 Å². The van der Waals surface area contributed by atoms with E-state index in [1.807, 2.05) is 24.3 Å². The molecule has 1 aliphatic rings. The molecule has 9 heteroatoms. The molecule has 1 heterocycles. The number of amides is 2. The Kier molecular flexibility index (Phi) is 7.45. The number of aryl methyl sites for hydroxylation is 1. The van der Waals surface area contributed by atoms with Crippen molar-refractivity contribution in [1.82, 2.24) is 20.4 Å². The number of ether oxygens (including phenoxy) is 1. The maximum absolute atomic E-state index is 12.2. The maximum atomic E-state index is 12.2. The first-order valence-corrected chi connectivity index (χ1v) is 11.6. The molecule has 2 amide bonds. The first-order valence-electron chi connectivity index (χ1n) is 11.6. The summed E-state index contributed by atoms with van der Waals surface area (Å²) >= 11 is 0. The molecule has 0 spiro atoms. The molecule has 0 fully saturated rings. The zero-order valence-corrected chi connectivity index (χ0v) is 19.5. The quantitative estimate of drug-likeness (QED) is 0.385. The molecule has 1 aromatic heterocycles. The number of carboxylic acids is 1. The van der Waals surface area contributed by atoms with Gasteiger partial charge < -0.3 is 20.5 Å². The number of carbonyl (C=O) groups excluding carboxylic acids is 2. The summed E-state index contributed by atoms with van der Waals surface area (Å²) in [6, 6.07) is 16.3. The first-order chi connectivity index (χ1) is 17.0. The molecule has 35 heavy (non-hydrogen) atoms. The zero-order chi connectivity index (χ0) is 24.8. The number of alkyl carbamates (subject to hydrolysis) is 1. The summed E-state index contributed by atoms with van der Waals surface area (Å²) < 4.78 is 6.94. The Balaban J connectivity index is 1.15. The first kappa shape index (κ1) is 24.0. The third kappa shape index (κ3) is 5.51. The molecule has 0 bridgehead atoms. The number of hydrogen-bond donors (Lipinski definition) is 3. The van der Waals surface area contributed by atoms with Gasteiger partial charge in [0.05, 0.1) is 18.4 Å². The van der Waals surface area contributed by atoms with E-state index in [2.05, 4.69) is 40.0 Å². The van der Waals surface area contributed by atoms with Crippen molar-refractivity contribution < 1.29 is 24.2 Å². The van der Waals surface area contributed by atoms with Crippen LogP contribution < -0.4 is 10.6 Å². The lowest BCUT2D eigenvalue weighted by Gasteiger charge is -2.14. The number of nitrogens with one attached hydrogen (secondary N) is 2. The number of carboxylic acid groups (broad SMARTS) is 1. The van der Waals surface area contributed by atoms with Crippen LogP contribution in [0.15, 0.2) is 54.7 Å². The summed E-state index contributed by atoms with van der Waals surface area (Å²) in [5, 5.41) is 18.5. The molecule has 0 radical (unpaired) electrons. The third-order valence-corrected chi connectivity index (χ3v) is 6.19. The van der Waals surface area contributed by atoms with Crippen molar-refractivity contribution in [3.05, 3.63) is 77.1 Å². The highest BCUT2D eigenvalue weighted by atomic mass is 16.5. The molecule has 0 saturated carbocycles. The average molecular weight is 477 g/mol. The Morgan fingerprint density at radius 1 is 1.00 bits per heavy atom. The van der Waals surface area contributed by atoms with Gasteiger partial charge in [0.2, 0.25) is 5.91 Å². The summed E-state index contributed by atoms with van der Waals surface area (Å²) in [6.45, 7) is 0.748. The van der Waals surface area contributed by atoms with Crippen LogP contribution in [0.2, 0.25) is 0 Å². The number of aromatic nitrogens is 2. The van der Waals surface area contributed by atoms with E-state index in [4.69, 9.17) is 9.84 Å². The van der Waals surface area contributed by atoms with Crippen LogP contribution in [0.3, 0.4) is 0 Å². The van der Waals surface area contributed by atoms with Gasteiger partial charge in [0.1, 0.15) is 12.2 Å². The molecule has 3 N–H and O–H groups in total. The molecule has 3 aromatic rings. The molecular weight excluding hydrogens is 448 g/mol. The van der Waals surface area contributed by atoms with Gasteiger partial charge in [0, 0.05) is 25.9 Å². The number of unbranched alkanes of at least 4 members (excludes halogenated alkanes) is 1. The average Bonchev–Trinajstić information content (AvgIpc) is 3.39. The van der Waals surface area contributed by atoms with Crippen molar-refractivity contribution in [2.75, 3.05) is 13.2 Å². The Hall–Kier alpha value is -4.14. The van der Waals surface area contributed by atoms with Crippen LogP contribution in [0, 0.1) is 0 Å². The van der Waals surface area contributed by atoms with Gasteiger partial charge >= 0.3 is 12.1 Å². The molecule has 0 atom stereocenters. The number of rotatable bonds is 10. The van der Waals surface area contributed by atoms with Gasteiger partial charge in [-0.3, -0.25) is 9.48 Å². The van der Waals surface area contributed by atoms with Gasteiger partial charge in [-0.25, -0.2) is 9.59 Å². The molecular formula is C26H28N4O5. The van der Waals surface area contributed by atoms with E-state index in [0.717, 1.165) is 11.1 Å². The van der Waals surface area contributed by atoms with Gasteiger partial charge in [0.15, 0.2) is 0 Å². The summed E-state index contributed by atoms with van der Waals surface area (Å²) in [4.78, 5) is 35.5. The van der Waals surface area contributed by atoms with Crippen LogP contribution in [0.25, 0.3) is 11.1 Å². The maximum Gasteiger partial charge on any atom is 0.407 e. The third-order valence-electron chi connectivity index (χ3n) is 6.19. The van der Waals surface area contributed by atoms with Gasteiger partial charge in [-0.2, -0.15) is 5.10 Å². The van der Waals surface area contributed by atoms with E-state index >= 15 is 0 Å². The van der Waals surface area contributed by atoms with Gasteiger partial charge in [-0.15, -0.1) is 0 Å². The van der Waals surface area contributed by atoms with Crippen LogP contribution in [0.4, 0.5) is 4.79 Å². The van der Waals surface area contributed by atoms with Gasteiger partial charge in [-0.1, -0.05) is 48.5 Å². The van der Waals surface area contributed by atoms with E-state index in [1.54, 1.807) is 7.05 Å². The SMILES string of the molecule is Cn1ncc(C(=O)O)c1CNC(=O)CCCCNC(=O)OCC1c2ccccc2-c2ccccc21. The van der Waals surface area contributed by atoms with Crippen LogP contribution >= 0.6 is 0 Å².